The van der Waals surface area contributed by atoms with Crippen LogP contribution in [0.1, 0.15) is 11.1 Å². The Morgan fingerprint density at radius 1 is 1.17 bits per heavy atom. The van der Waals surface area contributed by atoms with Crippen LogP contribution in [0.3, 0.4) is 0 Å². The Labute approximate surface area is 112 Å². The molecule has 0 spiro atoms. The van der Waals surface area contributed by atoms with Gasteiger partial charge in [0.05, 0.1) is 6.42 Å². The van der Waals surface area contributed by atoms with Crippen LogP contribution in [0.4, 0.5) is 0 Å². The molecule has 0 aliphatic carbocycles. The average molecular weight is 259 g/mol. The number of benzene rings is 1. The highest BCUT2D eigenvalue weighted by atomic mass is 32.1. The molecular weight excluding hydrogens is 242 g/mol. The van der Waals surface area contributed by atoms with Crippen molar-refractivity contribution in [2.45, 2.75) is 12.8 Å². The van der Waals surface area contributed by atoms with E-state index in [1.165, 1.54) is 5.56 Å². The van der Waals surface area contributed by atoms with E-state index in [1.54, 1.807) is 11.3 Å². The second kappa shape index (κ2) is 6.36. The van der Waals surface area contributed by atoms with E-state index in [0.29, 0.717) is 6.42 Å². The third-order valence-electron chi connectivity index (χ3n) is 2.94. The first-order valence-electron chi connectivity index (χ1n) is 6.04. The molecule has 3 heteroatoms. The summed E-state index contributed by atoms with van der Waals surface area (Å²) in [6.07, 6.45) is 1.42. The molecule has 2 nitrogen and oxygen atoms in total. The third kappa shape index (κ3) is 3.70. The molecule has 94 valence electrons. The highest BCUT2D eigenvalue weighted by Gasteiger charge is 2.09. The van der Waals surface area contributed by atoms with E-state index in [1.807, 2.05) is 47.0 Å². The molecule has 0 aliphatic heterocycles. The summed E-state index contributed by atoms with van der Waals surface area (Å²) in [5.74, 6) is 0.185. The lowest BCUT2D eigenvalue weighted by molar-refractivity contribution is -0.129. The van der Waals surface area contributed by atoms with Gasteiger partial charge in [0, 0.05) is 13.6 Å². The van der Waals surface area contributed by atoms with E-state index in [-0.39, 0.29) is 5.91 Å². The highest BCUT2D eigenvalue weighted by molar-refractivity contribution is 7.07. The molecule has 2 aromatic rings. The molecular formula is C15H17NOS. The van der Waals surface area contributed by atoms with Crippen LogP contribution in [0.15, 0.2) is 47.2 Å². The van der Waals surface area contributed by atoms with Crippen LogP contribution in [0.2, 0.25) is 0 Å². The standard InChI is InChI=1S/C15H17NOS/c1-16(9-7-13-5-3-2-4-6-13)15(17)11-14-8-10-18-12-14/h2-6,8,10,12H,7,9,11H2,1H3. The lowest BCUT2D eigenvalue weighted by Gasteiger charge is -2.16. The van der Waals surface area contributed by atoms with Crippen LogP contribution in [0.5, 0.6) is 0 Å². The molecule has 1 aromatic carbocycles. The van der Waals surface area contributed by atoms with Gasteiger partial charge in [0.25, 0.3) is 0 Å². The summed E-state index contributed by atoms with van der Waals surface area (Å²) in [5.41, 5.74) is 2.38. The Hall–Kier alpha value is -1.61. The number of carbonyl (C=O) groups excluding carboxylic acids is 1. The largest absolute Gasteiger partial charge is 0.345 e. The van der Waals surface area contributed by atoms with Gasteiger partial charge in [0.1, 0.15) is 0 Å². The van der Waals surface area contributed by atoms with Crippen molar-refractivity contribution in [1.82, 2.24) is 4.90 Å². The molecule has 0 bridgehead atoms. The van der Waals surface area contributed by atoms with E-state index < -0.39 is 0 Å². The maximum Gasteiger partial charge on any atom is 0.226 e. The molecule has 0 fully saturated rings. The zero-order chi connectivity index (χ0) is 12.8. The first-order valence-corrected chi connectivity index (χ1v) is 6.99. The van der Waals surface area contributed by atoms with Crippen molar-refractivity contribution in [3.05, 3.63) is 58.3 Å². The zero-order valence-corrected chi connectivity index (χ0v) is 11.3. The molecule has 1 amide bonds. The molecule has 0 saturated heterocycles. The van der Waals surface area contributed by atoms with Crippen molar-refractivity contribution in [3.8, 4) is 0 Å². The molecule has 1 aromatic heterocycles. The summed E-state index contributed by atoms with van der Waals surface area (Å²) < 4.78 is 0. The van der Waals surface area contributed by atoms with Crippen LogP contribution in [0, 0.1) is 0 Å². The normalized spacial score (nSPS) is 10.3. The van der Waals surface area contributed by atoms with Crippen molar-refractivity contribution < 1.29 is 4.79 Å². The van der Waals surface area contributed by atoms with Crippen molar-refractivity contribution in [1.29, 1.82) is 0 Å². The van der Waals surface area contributed by atoms with Gasteiger partial charge in [-0.3, -0.25) is 4.79 Å². The minimum atomic E-state index is 0.185. The first kappa shape index (κ1) is 12.8. The van der Waals surface area contributed by atoms with Gasteiger partial charge in [0.2, 0.25) is 5.91 Å². The number of hydrogen-bond acceptors (Lipinski definition) is 2. The molecule has 0 radical (unpaired) electrons. The van der Waals surface area contributed by atoms with Gasteiger partial charge in [-0.05, 0) is 34.4 Å². The third-order valence-corrected chi connectivity index (χ3v) is 3.67. The average Bonchev–Trinajstić information content (AvgIpc) is 2.90. The fourth-order valence-corrected chi connectivity index (χ4v) is 2.44. The van der Waals surface area contributed by atoms with Gasteiger partial charge in [-0.25, -0.2) is 0 Å². The molecule has 0 saturated carbocycles. The Morgan fingerprint density at radius 2 is 1.94 bits per heavy atom. The number of rotatable bonds is 5. The molecule has 0 N–H and O–H groups in total. The molecule has 0 atom stereocenters. The van der Waals surface area contributed by atoms with Gasteiger partial charge in [-0.2, -0.15) is 11.3 Å². The maximum absolute atomic E-state index is 12.0. The van der Waals surface area contributed by atoms with Crippen molar-refractivity contribution in [2.75, 3.05) is 13.6 Å². The Balaban J connectivity index is 1.81. The van der Waals surface area contributed by atoms with E-state index in [4.69, 9.17) is 0 Å². The molecule has 1 heterocycles. The fourth-order valence-electron chi connectivity index (χ4n) is 1.77. The predicted molar refractivity (Wildman–Crippen MR) is 75.8 cm³/mol. The first-order chi connectivity index (χ1) is 8.75. The van der Waals surface area contributed by atoms with Crippen LogP contribution >= 0.6 is 11.3 Å². The minimum Gasteiger partial charge on any atom is -0.345 e. The second-order valence-electron chi connectivity index (χ2n) is 4.36. The zero-order valence-electron chi connectivity index (χ0n) is 10.5. The summed E-state index contributed by atoms with van der Waals surface area (Å²) in [6, 6.07) is 12.3. The quantitative estimate of drug-likeness (QED) is 0.808. The van der Waals surface area contributed by atoms with E-state index in [2.05, 4.69) is 12.1 Å². The topological polar surface area (TPSA) is 20.3 Å². The monoisotopic (exact) mass is 259 g/mol. The van der Waals surface area contributed by atoms with Crippen molar-refractivity contribution in [3.63, 3.8) is 0 Å². The summed E-state index contributed by atoms with van der Waals surface area (Å²) >= 11 is 1.63. The minimum absolute atomic E-state index is 0.185. The molecule has 2 rings (SSSR count). The number of likely N-dealkylation sites (N-methyl/N-ethyl adjacent to an activating group) is 1. The van der Waals surface area contributed by atoms with Gasteiger partial charge in [-0.1, -0.05) is 30.3 Å². The van der Waals surface area contributed by atoms with Gasteiger partial charge < -0.3 is 4.90 Å². The van der Waals surface area contributed by atoms with Crippen LogP contribution in [-0.4, -0.2) is 24.4 Å². The van der Waals surface area contributed by atoms with Crippen molar-refractivity contribution >= 4 is 17.2 Å². The Morgan fingerprint density at radius 3 is 2.61 bits per heavy atom. The number of carbonyl (C=O) groups is 1. The van der Waals surface area contributed by atoms with E-state index in [9.17, 15) is 4.79 Å². The fraction of sp³-hybridized carbons (Fsp3) is 0.267. The SMILES string of the molecule is CN(CCc1ccccc1)C(=O)Cc1ccsc1. The Bertz CT molecular complexity index is 478. The lowest BCUT2D eigenvalue weighted by atomic mass is 10.1. The summed E-state index contributed by atoms with van der Waals surface area (Å²) in [7, 11) is 1.87. The smallest absolute Gasteiger partial charge is 0.226 e. The van der Waals surface area contributed by atoms with Crippen LogP contribution in [-0.2, 0) is 17.6 Å². The summed E-state index contributed by atoms with van der Waals surface area (Å²) in [4.78, 5) is 13.8. The van der Waals surface area contributed by atoms with Crippen molar-refractivity contribution in [2.24, 2.45) is 0 Å². The Kier molecular flexibility index (Phi) is 4.53. The maximum atomic E-state index is 12.0. The second-order valence-corrected chi connectivity index (χ2v) is 5.14. The predicted octanol–water partition coefficient (Wildman–Crippen LogP) is 2.99. The van der Waals surface area contributed by atoms with Gasteiger partial charge in [0.15, 0.2) is 0 Å². The van der Waals surface area contributed by atoms with Gasteiger partial charge in [-0.15, -0.1) is 0 Å². The number of amides is 1. The number of hydrogen-bond donors (Lipinski definition) is 0. The van der Waals surface area contributed by atoms with Crippen LogP contribution in [0.25, 0.3) is 0 Å². The molecule has 18 heavy (non-hydrogen) atoms. The number of thiophene rings is 1. The molecule has 0 unspecified atom stereocenters. The summed E-state index contributed by atoms with van der Waals surface area (Å²) in [6.45, 7) is 0.771. The number of nitrogens with zero attached hydrogens (tertiary/aromatic N) is 1. The van der Waals surface area contributed by atoms with Crippen LogP contribution < -0.4 is 0 Å². The van der Waals surface area contributed by atoms with Gasteiger partial charge >= 0.3 is 0 Å². The molecule has 0 aliphatic rings. The lowest BCUT2D eigenvalue weighted by Crippen LogP contribution is -2.30. The highest BCUT2D eigenvalue weighted by Crippen LogP contribution is 2.08. The summed E-state index contributed by atoms with van der Waals surface area (Å²) in [5, 5.41) is 4.04. The van der Waals surface area contributed by atoms with E-state index >= 15 is 0 Å². The van der Waals surface area contributed by atoms with E-state index in [0.717, 1.165) is 18.5 Å².